The molecule has 23 heavy (non-hydrogen) atoms. The Balaban J connectivity index is 1.68. The van der Waals surface area contributed by atoms with Crippen LogP contribution >= 0.6 is 0 Å². The summed E-state index contributed by atoms with van der Waals surface area (Å²) in [5.41, 5.74) is 4.07. The fourth-order valence-electron chi connectivity index (χ4n) is 5.95. The van der Waals surface area contributed by atoms with Crippen molar-refractivity contribution in [2.24, 2.45) is 17.8 Å². The van der Waals surface area contributed by atoms with E-state index in [0.29, 0.717) is 35.9 Å². The van der Waals surface area contributed by atoms with Gasteiger partial charge in [0.15, 0.2) is 0 Å². The van der Waals surface area contributed by atoms with Crippen LogP contribution < -0.4 is 0 Å². The molecule has 5 heterocycles. The van der Waals surface area contributed by atoms with E-state index in [1.807, 2.05) is 0 Å². The Labute approximate surface area is 136 Å². The molecule has 0 spiro atoms. The normalized spacial score (nSPS) is 41.3. The number of fused-ring (bicyclic) bond motifs is 4. The summed E-state index contributed by atoms with van der Waals surface area (Å²) in [5, 5.41) is 21.2. The average molecular weight is 312 g/mol. The smallest absolute Gasteiger partial charge is 0.0510 e. The van der Waals surface area contributed by atoms with Crippen molar-refractivity contribution in [1.82, 2.24) is 9.88 Å². The standard InChI is InChI=1S/C19H24N2O2/c1-10-14(8-22)12-6-18-19-13(7-17(21(10)18)15(12)9-23)11-4-2-3-5-16(11)20-19/h2-5,10,12,14-15,17-18,20,22-23H,6-9H2,1H3/t10-,12-,14-,15-,17-,18-/m1/s1. The Morgan fingerprint density at radius 1 is 1.17 bits per heavy atom. The van der Waals surface area contributed by atoms with E-state index >= 15 is 0 Å². The maximum absolute atomic E-state index is 10.0. The number of hydrogen-bond acceptors (Lipinski definition) is 3. The third kappa shape index (κ3) is 1.66. The predicted octanol–water partition coefficient (Wildman–Crippen LogP) is 2.07. The molecule has 1 aromatic heterocycles. The molecule has 2 aromatic rings. The van der Waals surface area contributed by atoms with Gasteiger partial charge in [0.2, 0.25) is 0 Å². The summed E-state index contributed by atoms with van der Waals surface area (Å²) in [7, 11) is 0. The molecule has 4 heteroatoms. The molecule has 0 amide bonds. The van der Waals surface area contributed by atoms with Crippen molar-refractivity contribution in [3.05, 3.63) is 35.5 Å². The molecular weight excluding hydrogens is 288 g/mol. The molecule has 4 bridgehead atoms. The molecule has 3 saturated heterocycles. The lowest BCUT2D eigenvalue weighted by Crippen LogP contribution is -2.67. The molecule has 1 aromatic carbocycles. The quantitative estimate of drug-likeness (QED) is 0.796. The molecule has 3 fully saturated rings. The first kappa shape index (κ1) is 14.0. The van der Waals surface area contributed by atoms with Crippen molar-refractivity contribution in [3.63, 3.8) is 0 Å². The Morgan fingerprint density at radius 3 is 2.74 bits per heavy atom. The van der Waals surface area contributed by atoms with Gasteiger partial charge in [-0.3, -0.25) is 4.90 Å². The third-order valence-corrected chi connectivity index (χ3v) is 6.94. The number of aromatic amines is 1. The topological polar surface area (TPSA) is 59.5 Å². The van der Waals surface area contributed by atoms with E-state index in [2.05, 4.69) is 41.1 Å². The molecule has 7 atom stereocenters. The monoisotopic (exact) mass is 312 g/mol. The summed E-state index contributed by atoms with van der Waals surface area (Å²) in [6.07, 6.45) is 2.07. The van der Waals surface area contributed by atoms with E-state index in [9.17, 15) is 10.2 Å². The van der Waals surface area contributed by atoms with Crippen LogP contribution in [0.15, 0.2) is 24.3 Å². The molecule has 122 valence electrons. The summed E-state index contributed by atoms with van der Waals surface area (Å²) in [5.74, 6) is 1.02. The summed E-state index contributed by atoms with van der Waals surface area (Å²) in [4.78, 5) is 6.27. The van der Waals surface area contributed by atoms with Crippen LogP contribution in [0.4, 0.5) is 0 Å². The molecule has 0 saturated carbocycles. The number of aliphatic hydroxyl groups excluding tert-OH is 2. The third-order valence-electron chi connectivity index (χ3n) is 6.94. The lowest BCUT2D eigenvalue weighted by atomic mass is 9.60. The number of nitrogens with one attached hydrogen (secondary N) is 1. The Bertz CT molecular complexity index is 755. The summed E-state index contributed by atoms with van der Waals surface area (Å²) >= 11 is 0. The van der Waals surface area contributed by atoms with E-state index < -0.39 is 0 Å². The summed E-state index contributed by atoms with van der Waals surface area (Å²) in [6, 6.07) is 9.79. The van der Waals surface area contributed by atoms with E-state index in [1.54, 1.807) is 0 Å². The number of nitrogens with zero attached hydrogens (tertiary/aromatic N) is 1. The van der Waals surface area contributed by atoms with Crippen LogP contribution in [0.5, 0.6) is 0 Å². The van der Waals surface area contributed by atoms with Gasteiger partial charge < -0.3 is 15.2 Å². The zero-order chi connectivity index (χ0) is 15.7. The molecular formula is C19H24N2O2. The van der Waals surface area contributed by atoms with E-state index in [0.717, 1.165) is 12.8 Å². The number of benzene rings is 1. The predicted molar refractivity (Wildman–Crippen MR) is 89.1 cm³/mol. The molecule has 4 aliphatic heterocycles. The molecule has 1 unspecified atom stereocenters. The Hall–Kier alpha value is -1.36. The van der Waals surface area contributed by atoms with Crippen molar-refractivity contribution in [2.45, 2.75) is 37.9 Å². The number of para-hydroxylation sites is 1. The van der Waals surface area contributed by atoms with Crippen molar-refractivity contribution in [2.75, 3.05) is 13.2 Å². The van der Waals surface area contributed by atoms with E-state index in [4.69, 9.17) is 0 Å². The number of aliphatic hydroxyl groups is 2. The fourth-order valence-corrected chi connectivity index (χ4v) is 5.95. The molecule has 3 N–H and O–H groups in total. The van der Waals surface area contributed by atoms with Gasteiger partial charge >= 0.3 is 0 Å². The van der Waals surface area contributed by atoms with Gasteiger partial charge in [-0.05, 0) is 37.3 Å². The van der Waals surface area contributed by atoms with E-state index in [-0.39, 0.29) is 13.2 Å². The van der Waals surface area contributed by atoms with Crippen molar-refractivity contribution < 1.29 is 10.2 Å². The van der Waals surface area contributed by atoms with Gasteiger partial charge in [-0.25, -0.2) is 0 Å². The minimum atomic E-state index is 0.234. The second-order valence-electron chi connectivity index (χ2n) is 7.63. The second-order valence-corrected chi connectivity index (χ2v) is 7.63. The van der Waals surface area contributed by atoms with Gasteiger partial charge in [0.25, 0.3) is 0 Å². The van der Waals surface area contributed by atoms with Gasteiger partial charge in [-0.2, -0.15) is 0 Å². The van der Waals surface area contributed by atoms with E-state index in [1.165, 1.54) is 22.2 Å². The van der Waals surface area contributed by atoms with Gasteiger partial charge in [0.1, 0.15) is 0 Å². The van der Waals surface area contributed by atoms with Crippen molar-refractivity contribution in [1.29, 1.82) is 0 Å². The first-order valence-corrected chi connectivity index (χ1v) is 8.83. The Morgan fingerprint density at radius 2 is 1.96 bits per heavy atom. The first-order chi connectivity index (χ1) is 11.2. The average Bonchev–Trinajstić information content (AvgIpc) is 2.94. The van der Waals surface area contributed by atoms with Crippen LogP contribution in [-0.4, -0.2) is 45.4 Å². The first-order valence-electron chi connectivity index (χ1n) is 8.83. The Kier molecular flexibility index (Phi) is 2.94. The van der Waals surface area contributed by atoms with Crippen molar-refractivity contribution in [3.8, 4) is 0 Å². The van der Waals surface area contributed by atoms with Crippen LogP contribution in [0.25, 0.3) is 10.9 Å². The highest BCUT2D eigenvalue weighted by atomic mass is 16.3. The molecule has 4 aliphatic rings. The van der Waals surface area contributed by atoms with Crippen molar-refractivity contribution >= 4 is 10.9 Å². The second kappa shape index (κ2) is 4.82. The highest BCUT2D eigenvalue weighted by molar-refractivity contribution is 5.85. The molecule has 0 radical (unpaired) electrons. The lowest BCUT2D eigenvalue weighted by Gasteiger charge is -2.63. The zero-order valence-corrected chi connectivity index (χ0v) is 13.4. The number of rotatable bonds is 2. The molecule has 6 rings (SSSR count). The fraction of sp³-hybridized carbons (Fsp3) is 0.579. The van der Waals surface area contributed by atoms with Gasteiger partial charge in [-0.15, -0.1) is 0 Å². The number of piperidine rings is 3. The number of hydrogen-bond donors (Lipinski definition) is 3. The minimum absolute atomic E-state index is 0.234. The maximum atomic E-state index is 10.0. The zero-order valence-electron chi connectivity index (χ0n) is 13.4. The van der Waals surface area contributed by atoms with Gasteiger partial charge in [0, 0.05) is 53.7 Å². The molecule has 4 nitrogen and oxygen atoms in total. The number of aromatic nitrogens is 1. The largest absolute Gasteiger partial charge is 0.396 e. The van der Waals surface area contributed by atoms with Crippen LogP contribution in [0.3, 0.4) is 0 Å². The van der Waals surface area contributed by atoms with Crippen LogP contribution in [-0.2, 0) is 6.42 Å². The lowest BCUT2D eigenvalue weighted by molar-refractivity contribution is -0.154. The summed E-state index contributed by atoms with van der Waals surface area (Å²) < 4.78 is 0. The minimum Gasteiger partial charge on any atom is -0.396 e. The van der Waals surface area contributed by atoms with Crippen LogP contribution in [0.2, 0.25) is 0 Å². The number of H-pyrrole nitrogens is 1. The van der Waals surface area contributed by atoms with Gasteiger partial charge in [-0.1, -0.05) is 18.2 Å². The van der Waals surface area contributed by atoms with Gasteiger partial charge in [0.05, 0.1) is 6.04 Å². The maximum Gasteiger partial charge on any atom is 0.0510 e. The highest BCUT2D eigenvalue weighted by Gasteiger charge is 2.57. The molecule has 0 aliphatic carbocycles. The summed E-state index contributed by atoms with van der Waals surface area (Å²) in [6.45, 7) is 2.73. The van der Waals surface area contributed by atoms with Crippen LogP contribution in [0.1, 0.15) is 30.6 Å². The highest BCUT2D eigenvalue weighted by Crippen LogP contribution is 2.56. The van der Waals surface area contributed by atoms with Crippen LogP contribution in [0, 0.1) is 17.8 Å². The SMILES string of the molecule is C[C@@H]1[C@@H](CO)[C@H]2C[C@@H]3c4[nH]c5ccccc5c4C[C@H]([C@@H]2CO)N31.